The maximum Gasteiger partial charge on any atom is 0.320 e. The summed E-state index contributed by atoms with van der Waals surface area (Å²) >= 11 is 0. The Hall–Kier alpha value is -1.55. The molecule has 0 heterocycles. The van der Waals surface area contributed by atoms with Gasteiger partial charge in [-0.25, -0.2) is 0 Å². The standard InChI is InChI=1S/C14H21NO3/c1-3-4-8-13(14(16)17)15-10-11-6-5-7-12(9-11)18-2/h5-7,9,13,15H,3-4,8,10H2,1-2H3,(H,16,17). The zero-order valence-electron chi connectivity index (χ0n) is 11.0. The van der Waals surface area contributed by atoms with E-state index >= 15 is 0 Å². The number of hydrogen-bond donors (Lipinski definition) is 2. The van der Waals surface area contributed by atoms with E-state index < -0.39 is 12.0 Å². The summed E-state index contributed by atoms with van der Waals surface area (Å²) in [4.78, 5) is 11.1. The van der Waals surface area contributed by atoms with E-state index in [1.807, 2.05) is 24.3 Å². The highest BCUT2D eigenvalue weighted by Crippen LogP contribution is 2.12. The number of methoxy groups -OCH3 is 1. The number of nitrogens with one attached hydrogen (secondary N) is 1. The van der Waals surface area contributed by atoms with Crippen LogP contribution in [0.4, 0.5) is 0 Å². The van der Waals surface area contributed by atoms with Crippen LogP contribution in [0.3, 0.4) is 0 Å². The first-order chi connectivity index (χ1) is 8.67. The van der Waals surface area contributed by atoms with Crippen LogP contribution in [0.1, 0.15) is 31.7 Å². The fourth-order valence-corrected chi connectivity index (χ4v) is 1.74. The lowest BCUT2D eigenvalue weighted by molar-refractivity contribution is -0.139. The van der Waals surface area contributed by atoms with Crippen molar-refractivity contribution in [2.24, 2.45) is 0 Å². The van der Waals surface area contributed by atoms with E-state index in [0.29, 0.717) is 13.0 Å². The molecule has 0 aromatic heterocycles. The number of benzene rings is 1. The molecule has 4 nitrogen and oxygen atoms in total. The fraction of sp³-hybridized carbons (Fsp3) is 0.500. The van der Waals surface area contributed by atoms with E-state index in [0.717, 1.165) is 24.2 Å². The summed E-state index contributed by atoms with van der Waals surface area (Å²) in [6, 6.07) is 7.16. The summed E-state index contributed by atoms with van der Waals surface area (Å²) in [6.45, 7) is 2.60. The summed E-state index contributed by atoms with van der Waals surface area (Å²) in [5.74, 6) is 0.000999. The van der Waals surface area contributed by atoms with Crippen LogP contribution in [0.25, 0.3) is 0 Å². The SMILES string of the molecule is CCCCC(NCc1cccc(OC)c1)C(=O)O. The Morgan fingerprint density at radius 1 is 1.50 bits per heavy atom. The molecule has 0 radical (unpaired) electrons. The van der Waals surface area contributed by atoms with Gasteiger partial charge in [0.2, 0.25) is 0 Å². The third-order valence-electron chi connectivity index (χ3n) is 2.83. The number of carboxylic acid groups (broad SMARTS) is 1. The van der Waals surface area contributed by atoms with Gasteiger partial charge in [0.25, 0.3) is 0 Å². The Morgan fingerprint density at radius 2 is 2.28 bits per heavy atom. The molecule has 0 bridgehead atoms. The lowest BCUT2D eigenvalue weighted by Gasteiger charge is -2.14. The second-order valence-corrected chi connectivity index (χ2v) is 4.27. The van der Waals surface area contributed by atoms with Crippen molar-refractivity contribution in [1.29, 1.82) is 0 Å². The van der Waals surface area contributed by atoms with Gasteiger partial charge in [-0.2, -0.15) is 0 Å². The van der Waals surface area contributed by atoms with Gasteiger partial charge in [0.05, 0.1) is 7.11 Å². The summed E-state index contributed by atoms with van der Waals surface area (Å²) in [5, 5.41) is 12.2. The van der Waals surface area contributed by atoms with Crippen LogP contribution >= 0.6 is 0 Å². The smallest absolute Gasteiger partial charge is 0.320 e. The van der Waals surface area contributed by atoms with Crippen LogP contribution in [-0.2, 0) is 11.3 Å². The Morgan fingerprint density at radius 3 is 2.89 bits per heavy atom. The van der Waals surface area contributed by atoms with Crippen molar-refractivity contribution in [3.8, 4) is 5.75 Å². The minimum absolute atomic E-state index is 0.476. The zero-order chi connectivity index (χ0) is 13.4. The largest absolute Gasteiger partial charge is 0.497 e. The number of carboxylic acids is 1. The van der Waals surface area contributed by atoms with Crippen LogP contribution in [0.2, 0.25) is 0 Å². The van der Waals surface area contributed by atoms with Crippen LogP contribution in [0.15, 0.2) is 24.3 Å². The molecule has 1 unspecified atom stereocenters. The second kappa shape index (κ2) is 7.71. The summed E-state index contributed by atoms with van der Waals surface area (Å²) in [6.07, 6.45) is 2.59. The quantitative estimate of drug-likeness (QED) is 0.745. The molecular weight excluding hydrogens is 230 g/mol. The van der Waals surface area contributed by atoms with E-state index in [9.17, 15) is 4.79 Å². The molecule has 1 aromatic rings. The molecule has 1 atom stereocenters. The Balaban J connectivity index is 2.52. The molecule has 0 amide bonds. The van der Waals surface area contributed by atoms with Gasteiger partial charge in [0.1, 0.15) is 11.8 Å². The highest BCUT2D eigenvalue weighted by atomic mass is 16.5. The topological polar surface area (TPSA) is 58.6 Å². The van der Waals surface area contributed by atoms with Crippen molar-refractivity contribution < 1.29 is 14.6 Å². The van der Waals surface area contributed by atoms with E-state index in [1.165, 1.54) is 0 Å². The fourth-order valence-electron chi connectivity index (χ4n) is 1.74. The molecular formula is C14H21NO3. The summed E-state index contributed by atoms with van der Waals surface area (Å²) in [7, 11) is 1.62. The average molecular weight is 251 g/mol. The molecule has 1 aromatic carbocycles. The van der Waals surface area contributed by atoms with Crippen molar-refractivity contribution in [1.82, 2.24) is 5.32 Å². The van der Waals surface area contributed by atoms with Gasteiger partial charge < -0.3 is 15.2 Å². The number of aliphatic carboxylic acids is 1. The number of carbonyl (C=O) groups is 1. The highest BCUT2D eigenvalue weighted by Gasteiger charge is 2.15. The monoisotopic (exact) mass is 251 g/mol. The van der Waals surface area contributed by atoms with E-state index in [2.05, 4.69) is 12.2 Å². The third-order valence-corrected chi connectivity index (χ3v) is 2.83. The van der Waals surface area contributed by atoms with Crippen LogP contribution in [0, 0.1) is 0 Å². The molecule has 0 saturated carbocycles. The molecule has 4 heteroatoms. The molecule has 100 valence electrons. The lowest BCUT2D eigenvalue weighted by atomic mass is 10.1. The first-order valence-electron chi connectivity index (χ1n) is 6.26. The van der Waals surface area contributed by atoms with Gasteiger partial charge >= 0.3 is 5.97 Å². The molecule has 1 rings (SSSR count). The highest BCUT2D eigenvalue weighted by molar-refractivity contribution is 5.73. The minimum Gasteiger partial charge on any atom is -0.497 e. The van der Waals surface area contributed by atoms with Crippen molar-refractivity contribution in [2.75, 3.05) is 7.11 Å². The third kappa shape index (κ3) is 4.75. The Labute approximate surface area is 108 Å². The molecule has 0 saturated heterocycles. The maximum absolute atomic E-state index is 11.1. The molecule has 0 aliphatic rings. The molecule has 0 fully saturated rings. The van der Waals surface area contributed by atoms with Crippen molar-refractivity contribution in [3.05, 3.63) is 29.8 Å². The number of hydrogen-bond acceptors (Lipinski definition) is 3. The normalized spacial score (nSPS) is 12.1. The molecule has 0 aliphatic heterocycles. The van der Waals surface area contributed by atoms with Gasteiger partial charge in [-0.1, -0.05) is 31.9 Å². The summed E-state index contributed by atoms with van der Waals surface area (Å²) in [5.41, 5.74) is 1.03. The van der Waals surface area contributed by atoms with Gasteiger partial charge in [-0.15, -0.1) is 0 Å². The Bertz CT molecular complexity index is 379. The van der Waals surface area contributed by atoms with Crippen LogP contribution in [-0.4, -0.2) is 24.2 Å². The van der Waals surface area contributed by atoms with Gasteiger partial charge in [0.15, 0.2) is 0 Å². The van der Waals surface area contributed by atoms with Crippen molar-refractivity contribution in [2.45, 2.75) is 38.8 Å². The van der Waals surface area contributed by atoms with Crippen molar-refractivity contribution in [3.63, 3.8) is 0 Å². The molecule has 0 spiro atoms. The van der Waals surface area contributed by atoms with Gasteiger partial charge in [-0.05, 0) is 24.1 Å². The lowest BCUT2D eigenvalue weighted by Crippen LogP contribution is -2.36. The van der Waals surface area contributed by atoms with Crippen molar-refractivity contribution >= 4 is 5.97 Å². The first kappa shape index (κ1) is 14.5. The maximum atomic E-state index is 11.1. The Kier molecular flexibility index (Phi) is 6.22. The van der Waals surface area contributed by atoms with Crippen LogP contribution < -0.4 is 10.1 Å². The second-order valence-electron chi connectivity index (χ2n) is 4.27. The van der Waals surface area contributed by atoms with Gasteiger partial charge in [-0.3, -0.25) is 4.79 Å². The predicted octanol–water partition coefficient (Wildman–Crippen LogP) is 2.43. The van der Waals surface area contributed by atoms with Gasteiger partial charge in [0, 0.05) is 6.54 Å². The van der Waals surface area contributed by atoms with E-state index in [-0.39, 0.29) is 0 Å². The number of unbranched alkanes of at least 4 members (excludes halogenated alkanes) is 1. The zero-order valence-corrected chi connectivity index (χ0v) is 11.0. The number of ether oxygens (including phenoxy) is 1. The minimum atomic E-state index is -0.786. The molecule has 18 heavy (non-hydrogen) atoms. The number of rotatable bonds is 8. The van der Waals surface area contributed by atoms with E-state index in [1.54, 1.807) is 7.11 Å². The van der Waals surface area contributed by atoms with Crippen LogP contribution in [0.5, 0.6) is 5.75 Å². The summed E-state index contributed by atoms with van der Waals surface area (Å²) < 4.78 is 5.13. The average Bonchev–Trinajstić information content (AvgIpc) is 2.38. The molecule has 0 aliphatic carbocycles. The molecule has 2 N–H and O–H groups in total. The predicted molar refractivity (Wildman–Crippen MR) is 70.8 cm³/mol. The first-order valence-corrected chi connectivity index (χ1v) is 6.26. The van der Waals surface area contributed by atoms with E-state index in [4.69, 9.17) is 9.84 Å².